The summed E-state index contributed by atoms with van der Waals surface area (Å²) >= 11 is 0. The Labute approximate surface area is 92.4 Å². The largest absolute Gasteiger partial charge is 0.325 e. The van der Waals surface area contributed by atoms with Gasteiger partial charge in [0.05, 0.1) is 4.92 Å². The Balaban J connectivity index is 2.09. The van der Waals surface area contributed by atoms with Crippen LogP contribution in [0.2, 0.25) is 0 Å². The summed E-state index contributed by atoms with van der Waals surface area (Å²) in [6.07, 6.45) is 3.49. The van der Waals surface area contributed by atoms with Gasteiger partial charge in [0.2, 0.25) is 5.82 Å². The van der Waals surface area contributed by atoms with E-state index in [1.54, 1.807) is 6.07 Å². The quantitative estimate of drug-likeness (QED) is 0.629. The lowest BCUT2D eigenvalue weighted by Gasteiger charge is -2.07. The van der Waals surface area contributed by atoms with E-state index in [0.29, 0.717) is 6.42 Å². The molecule has 0 atom stereocenters. The fourth-order valence-corrected chi connectivity index (χ4v) is 1.66. The van der Waals surface area contributed by atoms with Crippen LogP contribution in [0.1, 0.15) is 24.8 Å². The number of rotatable bonds is 4. The molecular formula is C11H13FN2O2. The molecule has 1 aliphatic carbocycles. The molecule has 0 spiro atoms. The van der Waals surface area contributed by atoms with Gasteiger partial charge in [-0.25, -0.2) is 0 Å². The van der Waals surface area contributed by atoms with Crippen molar-refractivity contribution in [3.05, 3.63) is 39.7 Å². The molecule has 4 nitrogen and oxygen atoms in total. The summed E-state index contributed by atoms with van der Waals surface area (Å²) in [6.45, 7) is 0. The highest BCUT2D eigenvalue weighted by Gasteiger charge is 2.37. The average Bonchev–Trinajstić information content (AvgIpc) is 2.96. The van der Waals surface area contributed by atoms with Crippen molar-refractivity contribution >= 4 is 5.69 Å². The minimum absolute atomic E-state index is 0.0802. The Bertz CT molecular complexity index is 430. The maximum absolute atomic E-state index is 13.0. The first kappa shape index (κ1) is 11.0. The molecule has 0 unspecified atom stereocenters. The highest BCUT2D eigenvalue weighted by molar-refractivity contribution is 5.36. The van der Waals surface area contributed by atoms with Gasteiger partial charge in [0.1, 0.15) is 0 Å². The zero-order valence-electron chi connectivity index (χ0n) is 8.78. The summed E-state index contributed by atoms with van der Waals surface area (Å²) in [6, 6.07) is 4.01. The third-order valence-corrected chi connectivity index (χ3v) is 3.01. The second-order valence-corrected chi connectivity index (χ2v) is 4.41. The van der Waals surface area contributed by atoms with E-state index in [0.717, 1.165) is 30.9 Å². The van der Waals surface area contributed by atoms with E-state index >= 15 is 0 Å². The molecule has 0 aliphatic heterocycles. The lowest BCUT2D eigenvalue weighted by molar-refractivity contribution is -0.387. The normalized spacial score (nSPS) is 17.1. The summed E-state index contributed by atoms with van der Waals surface area (Å²) in [5, 5.41) is 10.5. The van der Waals surface area contributed by atoms with Crippen LogP contribution in [0, 0.1) is 15.9 Å². The summed E-state index contributed by atoms with van der Waals surface area (Å²) in [5.74, 6) is -0.789. The van der Waals surface area contributed by atoms with Gasteiger partial charge in [0.15, 0.2) is 0 Å². The van der Waals surface area contributed by atoms with E-state index < -0.39 is 16.4 Å². The van der Waals surface area contributed by atoms with Gasteiger partial charge in [0.25, 0.3) is 0 Å². The Hall–Kier alpha value is -1.49. The first-order chi connectivity index (χ1) is 7.50. The minimum atomic E-state index is -0.789. The molecule has 86 valence electrons. The molecular weight excluding hydrogens is 211 g/mol. The third-order valence-electron chi connectivity index (χ3n) is 3.01. The van der Waals surface area contributed by atoms with E-state index in [1.165, 1.54) is 6.07 Å². The zero-order chi connectivity index (χ0) is 11.8. The van der Waals surface area contributed by atoms with Gasteiger partial charge in [-0.3, -0.25) is 10.1 Å². The van der Waals surface area contributed by atoms with Crippen LogP contribution in [-0.2, 0) is 6.42 Å². The van der Waals surface area contributed by atoms with Gasteiger partial charge in [-0.05, 0) is 37.3 Å². The van der Waals surface area contributed by atoms with Gasteiger partial charge in [-0.15, -0.1) is 0 Å². The highest BCUT2D eigenvalue weighted by atomic mass is 19.1. The standard InChI is InChI=1S/C11H13FN2O2/c12-9-2-1-8(7-10(9)14(15)16)3-4-11(13)5-6-11/h1-2,7H,3-6,13H2. The molecule has 0 aromatic heterocycles. The van der Waals surface area contributed by atoms with E-state index in [4.69, 9.17) is 5.73 Å². The fraction of sp³-hybridized carbons (Fsp3) is 0.455. The van der Waals surface area contributed by atoms with Crippen LogP contribution in [0.4, 0.5) is 10.1 Å². The molecule has 2 rings (SSSR count). The van der Waals surface area contributed by atoms with Crippen LogP contribution < -0.4 is 5.73 Å². The summed E-state index contributed by atoms with van der Waals surface area (Å²) in [5.41, 5.74) is 6.14. The van der Waals surface area contributed by atoms with Crippen molar-refractivity contribution in [2.45, 2.75) is 31.2 Å². The molecule has 0 heterocycles. The van der Waals surface area contributed by atoms with Crippen molar-refractivity contribution in [2.24, 2.45) is 5.73 Å². The number of nitrogens with zero attached hydrogens (tertiary/aromatic N) is 1. The van der Waals surface area contributed by atoms with Crippen LogP contribution in [0.3, 0.4) is 0 Å². The lowest BCUT2D eigenvalue weighted by Crippen LogP contribution is -2.22. The third kappa shape index (κ3) is 2.36. The monoisotopic (exact) mass is 224 g/mol. The van der Waals surface area contributed by atoms with E-state index in [1.807, 2.05) is 0 Å². The number of nitro groups is 1. The van der Waals surface area contributed by atoms with Crippen molar-refractivity contribution in [1.29, 1.82) is 0 Å². The molecule has 0 bridgehead atoms. The summed E-state index contributed by atoms with van der Waals surface area (Å²) in [7, 11) is 0. The van der Waals surface area contributed by atoms with Crippen molar-refractivity contribution in [1.82, 2.24) is 0 Å². The van der Waals surface area contributed by atoms with Gasteiger partial charge in [-0.2, -0.15) is 4.39 Å². The predicted octanol–water partition coefficient (Wildman–Crippen LogP) is 2.16. The predicted molar refractivity (Wildman–Crippen MR) is 57.5 cm³/mol. The molecule has 1 aromatic rings. The van der Waals surface area contributed by atoms with Crippen LogP contribution in [0.15, 0.2) is 18.2 Å². The Morgan fingerprint density at radius 1 is 1.50 bits per heavy atom. The topological polar surface area (TPSA) is 69.2 Å². The molecule has 2 N–H and O–H groups in total. The fourth-order valence-electron chi connectivity index (χ4n) is 1.66. The van der Waals surface area contributed by atoms with Gasteiger partial charge in [-0.1, -0.05) is 6.07 Å². The number of nitrogens with two attached hydrogens (primary N) is 1. The Morgan fingerprint density at radius 3 is 2.75 bits per heavy atom. The zero-order valence-corrected chi connectivity index (χ0v) is 8.78. The van der Waals surface area contributed by atoms with Gasteiger partial charge in [0, 0.05) is 11.6 Å². The van der Waals surface area contributed by atoms with Gasteiger partial charge < -0.3 is 5.73 Å². The Morgan fingerprint density at radius 2 is 2.19 bits per heavy atom. The number of hydrogen-bond acceptors (Lipinski definition) is 3. The number of hydrogen-bond donors (Lipinski definition) is 1. The lowest BCUT2D eigenvalue weighted by atomic mass is 10.0. The van der Waals surface area contributed by atoms with Crippen molar-refractivity contribution in [3.8, 4) is 0 Å². The average molecular weight is 224 g/mol. The molecule has 0 amide bonds. The molecule has 0 radical (unpaired) electrons. The summed E-state index contributed by atoms with van der Waals surface area (Å²) < 4.78 is 13.0. The van der Waals surface area contributed by atoms with Crippen molar-refractivity contribution in [2.75, 3.05) is 0 Å². The maximum Gasteiger partial charge on any atom is 0.305 e. The Kier molecular flexibility index (Phi) is 2.63. The van der Waals surface area contributed by atoms with Crippen LogP contribution in [0.5, 0.6) is 0 Å². The minimum Gasteiger partial charge on any atom is -0.325 e. The molecule has 16 heavy (non-hydrogen) atoms. The van der Waals surface area contributed by atoms with Crippen molar-refractivity contribution in [3.63, 3.8) is 0 Å². The second kappa shape index (κ2) is 3.83. The number of halogens is 1. The first-order valence-electron chi connectivity index (χ1n) is 5.22. The second-order valence-electron chi connectivity index (χ2n) is 4.41. The van der Waals surface area contributed by atoms with Gasteiger partial charge >= 0.3 is 5.69 Å². The van der Waals surface area contributed by atoms with Crippen LogP contribution in [-0.4, -0.2) is 10.5 Å². The van der Waals surface area contributed by atoms with E-state index in [9.17, 15) is 14.5 Å². The van der Waals surface area contributed by atoms with E-state index in [-0.39, 0.29) is 5.54 Å². The molecule has 1 saturated carbocycles. The number of aryl methyl sites for hydroxylation is 1. The summed E-state index contributed by atoms with van der Waals surface area (Å²) in [4.78, 5) is 9.83. The molecule has 1 fully saturated rings. The van der Waals surface area contributed by atoms with Crippen LogP contribution in [0.25, 0.3) is 0 Å². The molecule has 1 aromatic carbocycles. The highest BCUT2D eigenvalue weighted by Crippen LogP contribution is 2.36. The molecule has 0 saturated heterocycles. The van der Waals surface area contributed by atoms with Crippen molar-refractivity contribution < 1.29 is 9.31 Å². The first-order valence-corrected chi connectivity index (χ1v) is 5.22. The molecule has 1 aliphatic rings. The molecule has 5 heteroatoms. The smallest absolute Gasteiger partial charge is 0.305 e. The maximum atomic E-state index is 13.0. The SMILES string of the molecule is NC1(CCc2ccc(F)c([N+](=O)[O-])c2)CC1. The van der Waals surface area contributed by atoms with E-state index in [2.05, 4.69) is 0 Å². The number of benzene rings is 1. The van der Waals surface area contributed by atoms with Crippen LogP contribution >= 0.6 is 0 Å². The number of nitro benzene ring substituents is 1.